The van der Waals surface area contributed by atoms with Crippen molar-refractivity contribution in [3.63, 3.8) is 0 Å². The second-order valence-corrected chi connectivity index (χ2v) is 5.33. The van der Waals surface area contributed by atoms with Gasteiger partial charge in [-0.1, -0.05) is 29.1 Å². The monoisotopic (exact) mass is 377 g/mol. The topological polar surface area (TPSA) is 72.8 Å². The molecule has 0 atom stereocenters. The fourth-order valence-corrected chi connectivity index (χ4v) is 2.33. The molecule has 6 nitrogen and oxygen atoms in total. The maximum atomic E-state index is 12.0. The summed E-state index contributed by atoms with van der Waals surface area (Å²) in [6.45, 7) is 0.0610. The Morgan fingerprint density at radius 1 is 1.48 bits per heavy atom. The minimum Gasteiger partial charge on any atom is -0.493 e. The molecule has 1 aromatic carbocycles. The van der Waals surface area contributed by atoms with Gasteiger partial charge in [0.05, 0.1) is 23.9 Å². The number of pyridine rings is 1. The van der Waals surface area contributed by atoms with Crippen LogP contribution >= 0.6 is 23.2 Å². The normalized spacial score (nSPS) is 10.3. The number of nitrogens with one attached hydrogen (secondary N) is 1. The van der Waals surface area contributed by atoms with Crippen molar-refractivity contribution >= 4 is 35.3 Å². The average Bonchev–Trinajstić information content (AvgIpc) is 2.60. The highest BCUT2D eigenvalue weighted by Gasteiger charge is 2.12. The predicted octanol–water partition coefficient (Wildman–Crippen LogP) is 3.17. The number of halogens is 2. The molecule has 128 valence electrons. The minimum absolute atomic E-state index is 0.0610. The van der Waals surface area contributed by atoms with Crippen LogP contribution in [0.5, 0.6) is 11.5 Å². The molecule has 0 saturated heterocycles. The Kier molecular flexibility index (Phi) is 6.63. The fourth-order valence-electron chi connectivity index (χ4n) is 1.85. The Hall–Kier alpha value is -2.75. The third kappa shape index (κ3) is 4.86. The molecule has 0 aliphatic rings. The van der Waals surface area contributed by atoms with Gasteiger partial charge in [-0.05, 0) is 29.8 Å². The van der Waals surface area contributed by atoms with Gasteiger partial charge in [-0.3, -0.25) is 4.79 Å². The van der Waals surface area contributed by atoms with Gasteiger partial charge in [0.25, 0.3) is 5.91 Å². The number of hydrogen-bond acceptors (Lipinski definition) is 5. The standard InChI is InChI=1S/C17H13Cl2N3O3/c1-3-7-25-15-13(18)8-11(9-14(15)24-2)10-21-22-17(23)12-5-4-6-20-16(12)19/h1,4-6,8-10H,7H2,2H3,(H,22,23). The second kappa shape index (κ2) is 8.92. The Morgan fingerprint density at radius 2 is 2.28 bits per heavy atom. The molecular formula is C17H13Cl2N3O3. The van der Waals surface area contributed by atoms with Crippen molar-refractivity contribution in [1.29, 1.82) is 0 Å². The van der Waals surface area contributed by atoms with Crippen molar-refractivity contribution in [2.75, 3.05) is 13.7 Å². The van der Waals surface area contributed by atoms with Crippen molar-refractivity contribution in [2.45, 2.75) is 0 Å². The van der Waals surface area contributed by atoms with E-state index in [9.17, 15) is 4.79 Å². The number of methoxy groups -OCH3 is 1. The van der Waals surface area contributed by atoms with Gasteiger partial charge in [0, 0.05) is 6.20 Å². The zero-order valence-electron chi connectivity index (χ0n) is 13.1. The van der Waals surface area contributed by atoms with Gasteiger partial charge in [0.2, 0.25) is 0 Å². The number of ether oxygens (including phenoxy) is 2. The van der Waals surface area contributed by atoms with Crippen LogP contribution in [0.3, 0.4) is 0 Å². The Morgan fingerprint density at radius 3 is 2.96 bits per heavy atom. The van der Waals surface area contributed by atoms with Gasteiger partial charge in [-0.2, -0.15) is 5.10 Å². The molecule has 0 bridgehead atoms. The van der Waals surface area contributed by atoms with E-state index in [0.717, 1.165) is 0 Å². The summed E-state index contributed by atoms with van der Waals surface area (Å²) in [4.78, 5) is 15.8. The van der Waals surface area contributed by atoms with Gasteiger partial charge < -0.3 is 9.47 Å². The number of aromatic nitrogens is 1. The van der Waals surface area contributed by atoms with E-state index in [0.29, 0.717) is 22.1 Å². The summed E-state index contributed by atoms with van der Waals surface area (Å²) in [6.07, 6.45) is 8.06. The maximum Gasteiger partial charge on any atom is 0.274 e. The molecule has 0 aliphatic carbocycles. The molecule has 1 heterocycles. The summed E-state index contributed by atoms with van der Waals surface area (Å²) in [6, 6.07) is 6.38. The molecule has 0 unspecified atom stereocenters. The first-order valence-electron chi connectivity index (χ1n) is 6.94. The van der Waals surface area contributed by atoms with E-state index in [2.05, 4.69) is 21.4 Å². The zero-order valence-corrected chi connectivity index (χ0v) is 14.6. The lowest BCUT2D eigenvalue weighted by Gasteiger charge is -2.11. The molecule has 0 aliphatic heterocycles. The van der Waals surface area contributed by atoms with Gasteiger partial charge in [-0.15, -0.1) is 6.42 Å². The lowest BCUT2D eigenvalue weighted by molar-refractivity contribution is 0.0955. The first-order chi connectivity index (χ1) is 12.1. The molecule has 8 heteroatoms. The number of hydrazone groups is 1. The summed E-state index contributed by atoms with van der Waals surface area (Å²) < 4.78 is 10.6. The van der Waals surface area contributed by atoms with Crippen LogP contribution in [0.1, 0.15) is 15.9 Å². The fraction of sp³-hybridized carbons (Fsp3) is 0.118. The third-order valence-corrected chi connectivity index (χ3v) is 3.52. The quantitative estimate of drug-likeness (QED) is 0.363. The number of hydrogen-bond donors (Lipinski definition) is 1. The molecule has 0 fully saturated rings. The van der Waals surface area contributed by atoms with Crippen LogP contribution in [0, 0.1) is 12.3 Å². The largest absolute Gasteiger partial charge is 0.493 e. The highest BCUT2D eigenvalue weighted by Crippen LogP contribution is 2.35. The van der Waals surface area contributed by atoms with Crippen molar-refractivity contribution < 1.29 is 14.3 Å². The molecule has 25 heavy (non-hydrogen) atoms. The van der Waals surface area contributed by atoms with Crippen molar-refractivity contribution in [1.82, 2.24) is 10.4 Å². The molecule has 0 radical (unpaired) electrons. The summed E-state index contributed by atoms with van der Waals surface area (Å²) >= 11 is 12.0. The highest BCUT2D eigenvalue weighted by atomic mass is 35.5. The Balaban J connectivity index is 2.13. The second-order valence-electron chi connectivity index (χ2n) is 4.57. The number of amides is 1. The number of rotatable bonds is 6. The number of nitrogens with zero attached hydrogens (tertiary/aromatic N) is 2. The minimum atomic E-state index is -0.485. The van der Waals surface area contributed by atoms with E-state index in [-0.39, 0.29) is 17.3 Å². The first kappa shape index (κ1) is 18.6. The van der Waals surface area contributed by atoms with Crippen LogP contribution in [0.25, 0.3) is 0 Å². The SMILES string of the molecule is C#CCOc1c(Cl)cc(C=NNC(=O)c2cccnc2Cl)cc1OC. The van der Waals surface area contributed by atoms with E-state index >= 15 is 0 Å². The number of carbonyl (C=O) groups is 1. The molecule has 0 saturated carbocycles. The first-order valence-corrected chi connectivity index (χ1v) is 7.70. The Bertz CT molecular complexity index is 848. The highest BCUT2D eigenvalue weighted by molar-refractivity contribution is 6.33. The predicted molar refractivity (Wildman–Crippen MR) is 96.6 cm³/mol. The lowest BCUT2D eigenvalue weighted by atomic mass is 10.2. The van der Waals surface area contributed by atoms with Crippen LogP contribution < -0.4 is 14.9 Å². The van der Waals surface area contributed by atoms with Crippen molar-refractivity contribution in [3.8, 4) is 23.8 Å². The van der Waals surface area contributed by atoms with Crippen molar-refractivity contribution in [2.24, 2.45) is 5.10 Å². The number of carbonyl (C=O) groups excluding carboxylic acids is 1. The maximum absolute atomic E-state index is 12.0. The van der Waals surface area contributed by atoms with Crippen molar-refractivity contribution in [3.05, 3.63) is 51.8 Å². The smallest absolute Gasteiger partial charge is 0.274 e. The van der Waals surface area contributed by atoms with E-state index in [1.807, 2.05) is 0 Å². The summed E-state index contributed by atoms with van der Waals surface area (Å²) in [5.74, 6) is 2.60. The molecule has 1 amide bonds. The van der Waals surface area contributed by atoms with Gasteiger partial charge in [0.15, 0.2) is 11.5 Å². The number of terminal acetylenes is 1. The van der Waals surface area contributed by atoms with Gasteiger partial charge in [0.1, 0.15) is 11.8 Å². The zero-order chi connectivity index (χ0) is 18.2. The molecule has 2 aromatic rings. The van der Waals surface area contributed by atoms with E-state index in [1.54, 1.807) is 18.2 Å². The third-order valence-electron chi connectivity index (χ3n) is 2.94. The molecule has 1 N–H and O–H groups in total. The van der Waals surface area contributed by atoms with E-state index in [4.69, 9.17) is 39.1 Å². The van der Waals surface area contributed by atoms with E-state index in [1.165, 1.54) is 25.6 Å². The van der Waals surface area contributed by atoms with Crippen LogP contribution in [0.4, 0.5) is 0 Å². The van der Waals surface area contributed by atoms with Crippen LogP contribution in [-0.2, 0) is 0 Å². The van der Waals surface area contributed by atoms with Crippen LogP contribution in [0.2, 0.25) is 10.2 Å². The summed E-state index contributed by atoms with van der Waals surface area (Å²) in [5, 5.41) is 4.26. The molecular weight excluding hydrogens is 365 g/mol. The average molecular weight is 378 g/mol. The Labute approximate surface area is 154 Å². The summed E-state index contributed by atoms with van der Waals surface area (Å²) in [5.41, 5.74) is 3.17. The molecule has 0 spiro atoms. The molecule has 1 aromatic heterocycles. The molecule has 2 rings (SSSR count). The van der Waals surface area contributed by atoms with Crippen LogP contribution in [0.15, 0.2) is 35.6 Å². The number of benzene rings is 1. The van der Waals surface area contributed by atoms with E-state index < -0.39 is 5.91 Å². The lowest BCUT2D eigenvalue weighted by Crippen LogP contribution is -2.18. The van der Waals surface area contributed by atoms with Gasteiger partial charge in [-0.25, -0.2) is 10.4 Å². The van der Waals surface area contributed by atoms with Gasteiger partial charge >= 0.3 is 0 Å². The summed E-state index contributed by atoms with van der Waals surface area (Å²) in [7, 11) is 1.47. The van der Waals surface area contributed by atoms with Crippen LogP contribution in [-0.4, -0.2) is 30.8 Å².